The van der Waals surface area contributed by atoms with Crippen LogP contribution in [-0.2, 0) is 18.0 Å². The Bertz CT molecular complexity index is 1130. The Labute approximate surface area is 169 Å². The molecule has 0 spiro atoms. The highest BCUT2D eigenvalue weighted by atomic mass is 19.4. The fourth-order valence-electron chi connectivity index (χ4n) is 2.81. The summed E-state index contributed by atoms with van der Waals surface area (Å²) in [5, 5.41) is 19.5. The lowest BCUT2D eigenvalue weighted by atomic mass is 10.1. The van der Waals surface area contributed by atoms with E-state index >= 15 is 0 Å². The Morgan fingerprint density at radius 3 is 2.77 bits per heavy atom. The molecule has 0 unspecified atom stereocenters. The van der Waals surface area contributed by atoms with E-state index in [1.807, 2.05) is 6.07 Å². The summed E-state index contributed by atoms with van der Waals surface area (Å²) in [6, 6.07) is 7.01. The molecule has 156 valence electrons. The molecule has 0 saturated heterocycles. The molecule has 0 aliphatic rings. The van der Waals surface area contributed by atoms with Gasteiger partial charge >= 0.3 is 6.18 Å². The summed E-state index contributed by atoms with van der Waals surface area (Å²) in [5.74, 6) is -0.543. The van der Waals surface area contributed by atoms with Crippen LogP contribution in [0.4, 0.5) is 13.2 Å². The molecule has 3 rings (SSSR count). The summed E-state index contributed by atoms with van der Waals surface area (Å²) >= 11 is 0. The fourth-order valence-corrected chi connectivity index (χ4v) is 2.81. The lowest BCUT2D eigenvalue weighted by Gasteiger charge is -2.15. The number of carbonyl (C=O) groups excluding carboxylic acids is 1. The van der Waals surface area contributed by atoms with Gasteiger partial charge in [-0.15, -0.1) is 5.10 Å². The van der Waals surface area contributed by atoms with Crippen molar-refractivity contribution in [2.75, 3.05) is 13.2 Å². The molecule has 1 aromatic carbocycles. The van der Waals surface area contributed by atoms with Crippen molar-refractivity contribution in [3.8, 4) is 23.1 Å². The van der Waals surface area contributed by atoms with Crippen LogP contribution in [0.5, 0.6) is 5.75 Å². The molecule has 0 radical (unpaired) electrons. The van der Waals surface area contributed by atoms with Gasteiger partial charge in [-0.1, -0.05) is 5.21 Å². The number of hydrogen-bond acceptors (Lipinski definition) is 6. The number of amides is 1. The van der Waals surface area contributed by atoms with Crippen LogP contribution in [0.25, 0.3) is 22.3 Å². The number of halogens is 3. The molecule has 0 atom stereocenters. The zero-order chi connectivity index (χ0) is 21.9. The maximum Gasteiger partial charge on any atom is 0.419 e. The van der Waals surface area contributed by atoms with Gasteiger partial charge in [-0.2, -0.15) is 18.4 Å². The number of hydrogen-bond donors (Lipinski definition) is 1. The Kier molecular flexibility index (Phi) is 5.86. The van der Waals surface area contributed by atoms with Gasteiger partial charge in [0.15, 0.2) is 5.69 Å². The Balaban J connectivity index is 1.94. The summed E-state index contributed by atoms with van der Waals surface area (Å²) < 4.78 is 47.5. The molecule has 0 saturated carbocycles. The van der Waals surface area contributed by atoms with Crippen molar-refractivity contribution in [1.82, 2.24) is 25.3 Å². The smallest absolute Gasteiger partial charge is 0.419 e. The van der Waals surface area contributed by atoms with Crippen LogP contribution in [0, 0.1) is 11.3 Å². The standard InChI is InChI=1S/C19H17F3N6O2/c1-11(29)24-6-3-7-30-17-5-4-12(8-13(17)19(20,21)22)14-9-16-18(15(10-23)25-14)26-27-28(16)2/h4-5,8-9H,3,6-7H2,1-2H3,(H,24,29). The van der Waals surface area contributed by atoms with Gasteiger partial charge in [0.25, 0.3) is 0 Å². The van der Waals surface area contributed by atoms with E-state index in [1.54, 1.807) is 7.05 Å². The second-order valence-electron chi connectivity index (χ2n) is 6.44. The Morgan fingerprint density at radius 1 is 1.33 bits per heavy atom. The van der Waals surface area contributed by atoms with Gasteiger partial charge in [-0.3, -0.25) is 4.79 Å². The Morgan fingerprint density at radius 2 is 2.10 bits per heavy atom. The van der Waals surface area contributed by atoms with Gasteiger partial charge in [0.1, 0.15) is 17.3 Å². The van der Waals surface area contributed by atoms with E-state index in [0.717, 1.165) is 6.07 Å². The molecule has 1 amide bonds. The van der Waals surface area contributed by atoms with Gasteiger partial charge in [-0.25, -0.2) is 9.67 Å². The first-order valence-electron chi connectivity index (χ1n) is 8.90. The lowest BCUT2D eigenvalue weighted by molar-refractivity contribution is -0.138. The van der Waals surface area contributed by atoms with Crippen molar-refractivity contribution in [2.24, 2.45) is 7.05 Å². The molecule has 2 aromatic heterocycles. The maximum absolute atomic E-state index is 13.6. The normalized spacial score (nSPS) is 11.3. The second kappa shape index (κ2) is 8.36. The number of benzene rings is 1. The summed E-state index contributed by atoms with van der Waals surface area (Å²) in [5.41, 5.74) is 0.132. The van der Waals surface area contributed by atoms with Crippen LogP contribution >= 0.6 is 0 Å². The number of pyridine rings is 1. The molecule has 3 aromatic rings. The first-order valence-corrected chi connectivity index (χ1v) is 8.90. The van der Waals surface area contributed by atoms with Crippen molar-refractivity contribution in [1.29, 1.82) is 5.26 Å². The molecule has 0 aliphatic carbocycles. The van der Waals surface area contributed by atoms with E-state index in [2.05, 4.69) is 20.6 Å². The minimum Gasteiger partial charge on any atom is -0.493 e. The first-order chi connectivity index (χ1) is 14.2. The van der Waals surface area contributed by atoms with Gasteiger partial charge in [0.05, 0.1) is 23.4 Å². The van der Waals surface area contributed by atoms with Crippen LogP contribution in [0.3, 0.4) is 0 Å². The summed E-state index contributed by atoms with van der Waals surface area (Å²) in [7, 11) is 1.61. The number of alkyl halides is 3. The second-order valence-corrected chi connectivity index (χ2v) is 6.44. The highest BCUT2D eigenvalue weighted by Gasteiger charge is 2.35. The Hall–Kier alpha value is -3.68. The predicted molar refractivity (Wildman–Crippen MR) is 100 cm³/mol. The quantitative estimate of drug-likeness (QED) is 0.617. The molecule has 0 bridgehead atoms. The van der Waals surface area contributed by atoms with E-state index in [1.165, 1.54) is 29.8 Å². The van der Waals surface area contributed by atoms with Crippen LogP contribution in [-0.4, -0.2) is 39.0 Å². The van der Waals surface area contributed by atoms with E-state index < -0.39 is 11.7 Å². The first kappa shape index (κ1) is 21.0. The van der Waals surface area contributed by atoms with Gasteiger partial charge in [-0.05, 0) is 30.7 Å². The third-order valence-corrected chi connectivity index (χ3v) is 4.24. The minimum atomic E-state index is -4.65. The van der Waals surface area contributed by atoms with Crippen molar-refractivity contribution in [3.05, 3.63) is 35.5 Å². The number of nitrogens with one attached hydrogen (secondary N) is 1. The maximum atomic E-state index is 13.6. The van der Waals surface area contributed by atoms with E-state index in [9.17, 15) is 23.2 Å². The summed E-state index contributed by atoms with van der Waals surface area (Å²) in [6.45, 7) is 1.66. The average molecular weight is 418 g/mol. The van der Waals surface area contributed by atoms with Crippen molar-refractivity contribution >= 4 is 16.9 Å². The molecule has 1 N–H and O–H groups in total. The summed E-state index contributed by atoms with van der Waals surface area (Å²) in [6.07, 6.45) is -4.30. The average Bonchev–Trinajstić information content (AvgIpc) is 3.07. The number of aromatic nitrogens is 4. The van der Waals surface area contributed by atoms with E-state index in [-0.39, 0.29) is 40.7 Å². The van der Waals surface area contributed by atoms with Crippen LogP contribution in [0.15, 0.2) is 24.3 Å². The monoisotopic (exact) mass is 418 g/mol. The van der Waals surface area contributed by atoms with Crippen molar-refractivity contribution in [3.63, 3.8) is 0 Å². The minimum absolute atomic E-state index is 0.00614. The number of aryl methyl sites for hydroxylation is 1. The number of nitrogens with zero attached hydrogens (tertiary/aromatic N) is 5. The summed E-state index contributed by atoms with van der Waals surface area (Å²) in [4.78, 5) is 15.0. The SMILES string of the molecule is CC(=O)NCCCOc1ccc(-c2cc3c(nnn3C)c(C#N)n2)cc1C(F)(F)F. The predicted octanol–water partition coefficient (Wildman–Crippen LogP) is 2.83. The molecule has 11 heteroatoms. The third-order valence-electron chi connectivity index (χ3n) is 4.24. The topological polar surface area (TPSA) is 106 Å². The molecule has 0 aliphatic heterocycles. The number of rotatable bonds is 6. The number of carbonyl (C=O) groups is 1. The van der Waals surface area contributed by atoms with Crippen LogP contribution < -0.4 is 10.1 Å². The van der Waals surface area contributed by atoms with Crippen LogP contribution in [0.1, 0.15) is 24.6 Å². The van der Waals surface area contributed by atoms with Gasteiger partial charge in [0.2, 0.25) is 5.91 Å². The van der Waals surface area contributed by atoms with E-state index in [4.69, 9.17) is 4.74 Å². The highest BCUT2D eigenvalue weighted by Crippen LogP contribution is 2.39. The zero-order valence-corrected chi connectivity index (χ0v) is 16.1. The fraction of sp³-hybridized carbons (Fsp3) is 0.316. The number of fused-ring (bicyclic) bond motifs is 1. The third kappa shape index (κ3) is 4.48. The number of nitriles is 1. The van der Waals surface area contributed by atoms with Crippen molar-refractivity contribution < 1.29 is 22.7 Å². The number of ether oxygens (including phenoxy) is 1. The molecule has 8 nitrogen and oxygen atoms in total. The largest absolute Gasteiger partial charge is 0.493 e. The molecular weight excluding hydrogens is 401 g/mol. The lowest BCUT2D eigenvalue weighted by Crippen LogP contribution is -2.22. The molecule has 30 heavy (non-hydrogen) atoms. The molecule has 0 fully saturated rings. The molecular formula is C19H17F3N6O2. The van der Waals surface area contributed by atoms with Gasteiger partial charge < -0.3 is 10.1 Å². The van der Waals surface area contributed by atoms with E-state index in [0.29, 0.717) is 18.5 Å². The van der Waals surface area contributed by atoms with Crippen molar-refractivity contribution in [2.45, 2.75) is 19.5 Å². The highest BCUT2D eigenvalue weighted by molar-refractivity contribution is 5.83. The molecule has 2 heterocycles. The zero-order valence-electron chi connectivity index (χ0n) is 16.1. The van der Waals surface area contributed by atoms with Crippen LogP contribution in [0.2, 0.25) is 0 Å². The van der Waals surface area contributed by atoms with Gasteiger partial charge in [0, 0.05) is 26.1 Å².